The fourth-order valence-corrected chi connectivity index (χ4v) is 2.39. The predicted molar refractivity (Wildman–Crippen MR) is 89.7 cm³/mol. The summed E-state index contributed by atoms with van der Waals surface area (Å²) in [6.45, 7) is 2.93. The Hall–Kier alpha value is -2.82. The summed E-state index contributed by atoms with van der Waals surface area (Å²) in [7, 11) is 1.76. The maximum atomic E-state index is 12.6. The highest BCUT2D eigenvalue weighted by molar-refractivity contribution is 6.04. The van der Waals surface area contributed by atoms with Gasteiger partial charge in [0.15, 0.2) is 5.69 Å². The van der Waals surface area contributed by atoms with Crippen LogP contribution in [0.1, 0.15) is 16.1 Å². The number of rotatable bonds is 5. The Balaban J connectivity index is 1.65. The number of nitrogens with zero attached hydrogens (tertiary/aromatic N) is 2. The van der Waals surface area contributed by atoms with Crippen molar-refractivity contribution in [3.63, 3.8) is 0 Å². The summed E-state index contributed by atoms with van der Waals surface area (Å²) in [4.78, 5) is 14.2. The van der Waals surface area contributed by atoms with Gasteiger partial charge in [0.2, 0.25) is 0 Å². The molecule has 1 aromatic heterocycles. The van der Waals surface area contributed by atoms with Crippen molar-refractivity contribution in [2.45, 2.75) is 6.92 Å². The molecule has 5 nitrogen and oxygen atoms in total. The SMILES string of the molecule is Cc1ccc2[nH]nc(C(=O)N(C)CCOc3ccccc3)c2c1. The van der Waals surface area contributed by atoms with Crippen LogP contribution in [0, 0.1) is 6.92 Å². The number of H-pyrrole nitrogens is 1. The average molecular weight is 309 g/mol. The van der Waals surface area contributed by atoms with Gasteiger partial charge in [-0.25, -0.2) is 0 Å². The Labute approximate surface area is 134 Å². The van der Waals surface area contributed by atoms with Crippen LogP contribution in [-0.4, -0.2) is 41.2 Å². The summed E-state index contributed by atoms with van der Waals surface area (Å²) >= 11 is 0. The Morgan fingerprint density at radius 3 is 2.78 bits per heavy atom. The van der Waals surface area contributed by atoms with Gasteiger partial charge in [0, 0.05) is 12.4 Å². The van der Waals surface area contributed by atoms with Crippen molar-refractivity contribution in [1.29, 1.82) is 0 Å². The maximum absolute atomic E-state index is 12.6. The minimum absolute atomic E-state index is 0.112. The number of hydrogen-bond acceptors (Lipinski definition) is 3. The Morgan fingerprint density at radius 2 is 2.00 bits per heavy atom. The number of carbonyl (C=O) groups excluding carboxylic acids is 1. The first-order valence-electron chi connectivity index (χ1n) is 7.53. The van der Waals surface area contributed by atoms with Gasteiger partial charge in [0.25, 0.3) is 5.91 Å². The number of hydrogen-bond donors (Lipinski definition) is 1. The highest BCUT2D eigenvalue weighted by atomic mass is 16.5. The molecule has 0 aliphatic rings. The molecule has 0 spiro atoms. The maximum Gasteiger partial charge on any atom is 0.274 e. The molecule has 0 fully saturated rings. The monoisotopic (exact) mass is 309 g/mol. The third-order valence-corrected chi connectivity index (χ3v) is 3.71. The molecule has 0 saturated carbocycles. The van der Waals surface area contributed by atoms with Crippen LogP contribution in [0.15, 0.2) is 48.5 Å². The van der Waals surface area contributed by atoms with E-state index in [9.17, 15) is 4.79 Å². The van der Waals surface area contributed by atoms with Crippen molar-refractivity contribution in [3.05, 3.63) is 59.8 Å². The molecule has 118 valence electrons. The van der Waals surface area contributed by atoms with Crippen LogP contribution < -0.4 is 4.74 Å². The quantitative estimate of drug-likeness (QED) is 0.788. The molecule has 3 aromatic rings. The molecule has 23 heavy (non-hydrogen) atoms. The summed E-state index contributed by atoms with van der Waals surface area (Å²) < 4.78 is 5.63. The second kappa shape index (κ2) is 6.52. The van der Waals surface area contributed by atoms with Crippen LogP contribution in [0.5, 0.6) is 5.75 Å². The summed E-state index contributed by atoms with van der Waals surface area (Å²) in [5.41, 5.74) is 2.42. The number of fused-ring (bicyclic) bond motifs is 1. The van der Waals surface area contributed by atoms with Gasteiger partial charge in [-0.1, -0.05) is 29.8 Å². The number of amides is 1. The van der Waals surface area contributed by atoms with Crippen LogP contribution in [0.3, 0.4) is 0 Å². The third-order valence-electron chi connectivity index (χ3n) is 3.71. The smallest absolute Gasteiger partial charge is 0.274 e. The highest BCUT2D eigenvalue weighted by Crippen LogP contribution is 2.18. The minimum atomic E-state index is -0.112. The average Bonchev–Trinajstić information content (AvgIpc) is 2.98. The molecule has 0 aliphatic carbocycles. The number of aromatic nitrogens is 2. The number of benzene rings is 2. The molecular weight excluding hydrogens is 290 g/mol. The van der Waals surface area contributed by atoms with Crippen molar-refractivity contribution in [2.75, 3.05) is 20.2 Å². The number of likely N-dealkylation sites (N-methyl/N-ethyl adjacent to an activating group) is 1. The van der Waals surface area contributed by atoms with Gasteiger partial charge >= 0.3 is 0 Å². The highest BCUT2D eigenvalue weighted by Gasteiger charge is 2.18. The lowest BCUT2D eigenvalue weighted by atomic mass is 10.1. The minimum Gasteiger partial charge on any atom is -0.492 e. The van der Waals surface area contributed by atoms with Crippen LogP contribution >= 0.6 is 0 Å². The van der Waals surface area contributed by atoms with Gasteiger partial charge in [0.05, 0.1) is 12.1 Å². The molecule has 0 radical (unpaired) electrons. The molecule has 2 aromatic carbocycles. The molecule has 0 bridgehead atoms. The molecule has 0 saturated heterocycles. The van der Waals surface area contributed by atoms with Gasteiger partial charge in [-0.2, -0.15) is 5.10 Å². The van der Waals surface area contributed by atoms with E-state index in [-0.39, 0.29) is 5.91 Å². The van der Waals surface area contributed by atoms with Gasteiger partial charge < -0.3 is 9.64 Å². The lowest BCUT2D eigenvalue weighted by Gasteiger charge is -2.16. The molecule has 0 aliphatic heterocycles. The Morgan fingerprint density at radius 1 is 1.22 bits per heavy atom. The molecule has 1 heterocycles. The van der Waals surface area contributed by atoms with E-state index in [0.29, 0.717) is 18.8 Å². The molecule has 0 unspecified atom stereocenters. The van der Waals surface area contributed by atoms with E-state index < -0.39 is 0 Å². The molecular formula is C18H19N3O2. The molecule has 0 atom stereocenters. The van der Waals surface area contributed by atoms with Crippen LogP contribution in [0.25, 0.3) is 10.9 Å². The van der Waals surface area contributed by atoms with Crippen molar-refractivity contribution in [2.24, 2.45) is 0 Å². The van der Waals surface area contributed by atoms with Crippen molar-refractivity contribution >= 4 is 16.8 Å². The zero-order valence-electron chi connectivity index (χ0n) is 13.2. The van der Waals surface area contributed by atoms with Crippen LogP contribution in [-0.2, 0) is 0 Å². The van der Waals surface area contributed by atoms with Gasteiger partial charge in [-0.15, -0.1) is 0 Å². The number of aromatic amines is 1. The standard InChI is InChI=1S/C18H19N3O2/c1-13-8-9-16-15(12-13)17(20-19-16)18(22)21(2)10-11-23-14-6-4-3-5-7-14/h3-9,12H,10-11H2,1-2H3,(H,19,20). The number of aryl methyl sites for hydroxylation is 1. The van der Waals surface area contributed by atoms with Crippen LogP contribution in [0.4, 0.5) is 0 Å². The molecule has 1 amide bonds. The first-order chi connectivity index (χ1) is 11.1. The lowest BCUT2D eigenvalue weighted by Crippen LogP contribution is -2.31. The topological polar surface area (TPSA) is 58.2 Å². The van der Waals surface area contributed by atoms with E-state index in [2.05, 4.69) is 10.2 Å². The fraction of sp³-hybridized carbons (Fsp3) is 0.222. The number of ether oxygens (including phenoxy) is 1. The summed E-state index contributed by atoms with van der Waals surface area (Å²) in [6, 6.07) is 15.5. The van der Waals surface area contributed by atoms with E-state index in [1.807, 2.05) is 55.5 Å². The van der Waals surface area contributed by atoms with E-state index in [4.69, 9.17) is 4.74 Å². The fourth-order valence-electron chi connectivity index (χ4n) is 2.39. The Kier molecular flexibility index (Phi) is 4.28. The summed E-state index contributed by atoms with van der Waals surface area (Å²) in [5, 5.41) is 7.92. The van der Waals surface area contributed by atoms with E-state index in [0.717, 1.165) is 22.2 Å². The number of para-hydroxylation sites is 1. The van der Waals surface area contributed by atoms with Gasteiger partial charge in [-0.3, -0.25) is 9.89 Å². The number of nitrogens with one attached hydrogen (secondary N) is 1. The molecule has 3 rings (SSSR count). The first-order valence-corrected chi connectivity index (χ1v) is 7.53. The summed E-state index contributed by atoms with van der Waals surface area (Å²) in [6.07, 6.45) is 0. The van der Waals surface area contributed by atoms with E-state index in [1.54, 1.807) is 11.9 Å². The largest absolute Gasteiger partial charge is 0.492 e. The van der Waals surface area contributed by atoms with Crippen molar-refractivity contribution in [1.82, 2.24) is 15.1 Å². The van der Waals surface area contributed by atoms with E-state index >= 15 is 0 Å². The second-order valence-electron chi connectivity index (χ2n) is 5.51. The van der Waals surface area contributed by atoms with Gasteiger partial charge in [0.1, 0.15) is 12.4 Å². The Bertz CT molecular complexity index is 812. The zero-order valence-corrected chi connectivity index (χ0v) is 13.2. The molecule has 5 heteroatoms. The van der Waals surface area contributed by atoms with Gasteiger partial charge in [-0.05, 0) is 31.2 Å². The molecule has 1 N–H and O–H groups in total. The normalized spacial score (nSPS) is 10.7. The predicted octanol–water partition coefficient (Wildman–Crippen LogP) is 3.02. The van der Waals surface area contributed by atoms with Crippen LogP contribution in [0.2, 0.25) is 0 Å². The number of carbonyl (C=O) groups is 1. The second-order valence-corrected chi connectivity index (χ2v) is 5.51. The van der Waals surface area contributed by atoms with Crippen molar-refractivity contribution < 1.29 is 9.53 Å². The zero-order chi connectivity index (χ0) is 16.2. The van der Waals surface area contributed by atoms with E-state index in [1.165, 1.54) is 0 Å². The first kappa shape index (κ1) is 15.1. The third kappa shape index (κ3) is 3.34. The van der Waals surface area contributed by atoms with Crippen molar-refractivity contribution in [3.8, 4) is 5.75 Å². The lowest BCUT2D eigenvalue weighted by molar-refractivity contribution is 0.0770. The summed E-state index contributed by atoms with van der Waals surface area (Å²) in [5.74, 6) is 0.688.